The van der Waals surface area contributed by atoms with Gasteiger partial charge in [0.1, 0.15) is 17.6 Å². The smallest absolute Gasteiger partial charge is 0.260 e. The summed E-state index contributed by atoms with van der Waals surface area (Å²) in [6.45, 7) is 2.66. The van der Waals surface area contributed by atoms with Crippen molar-refractivity contribution >= 4 is 11.6 Å². The van der Waals surface area contributed by atoms with E-state index >= 15 is 0 Å². The van der Waals surface area contributed by atoms with Crippen LogP contribution in [0.2, 0.25) is 0 Å². The lowest BCUT2D eigenvalue weighted by Crippen LogP contribution is -2.50. The topological polar surface area (TPSA) is 65.8 Å². The van der Waals surface area contributed by atoms with Gasteiger partial charge in [0.15, 0.2) is 6.61 Å². The molecular formula is C20H21N3O3. The van der Waals surface area contributed by atoms with E-state index in [9.17, 15) is 4.79 Å². The molecule has 0 atom stereocenters. The maximum atomic E-state index is 12.4. The van der Waals surface area contributed by atoms with Crippen molar-refractivity contribution in [1.82, 2.24) is 4.90 Å². The number of carbonyl (C=O) groups is 1. The number of nitriles is 1. The number of amides is 1. The second-order valence-electron chi connectivity index (χ2n) is 5.94. The Morgan fingerprint density at radius 2 is 1.69 bits per heavy atom. The maximum absolute atomic E-state index is 12.4. The molecule has 0 aliphatic carbocycles. The molecule has 0 aromatic heterocycles. The molecule has 0 radical (unpaired) electrons. The van der Waals surface area contributed by atoms with Gasteiger partial charge in [0.2, 0.25) is 0 Å². The zero-order valence-electron chi connectivity index (χ0n) is 14.7. The summed E-state index contributed by atoms with van der Waals surface area (Å²) in [6, 6.07) is 16.9. The van der Waals surface area contributed by atoms with E-state index < -0.39 is 0 Å². The average Bonchev–Trinajstić information content (AvgIpc) is 2.72. The standard InChI is InChI=1S/C20H21N3O3/c1-25-19-9-5-3-7-17(19)22-10-12-23(13-11-22)20(24)15-26-18-8-4-2-6-16(18)14-21/h2-9H,10-13,15H2,1H3. The molecule has 6 nitrogen and oxygen atoms in total. The van der Waals surface area contributed by atoms with Gasteiger partial charge in [-0.3, -0.25) is 4.79 Å². The largest absolute Gasteiger partial charge is 0.495 e. The molecule has 0 spiro atoms. The van der Waals surface area contributed by atoms with E-state index in [1.165, 1.54) is 0 Å². The quantitative estimate of drug-likeness (QED) is 0.827. The van der Waals surface area contributed by atoms with Gasteiger partial charge in [0.05, 0.1) is 18.4 Å². The van der Waals surface area contributed by atoms with Crippen molar-refractivity contribution in [3.05, 3.63) is 54.1 Å². The van der Waals surface area contributed by atoms with Crippen LogP contribution in [0.15, 0.2) is 48.5 Å². The SMILES string of the molecule is COc1ccccc1N1CCN(C(=O)COc2ccccc2C#N)CC1. The molecule has 1 saturated heterocycles. The van der Waals surface area contributed by atoms with Crippen molar-refractivity contribution in [3.63, 3.8) is 0 Å². The van der Waals surface area contributed by atoms with E-state index in [0.717, 1.165) is 24.5 Å². The fourth-order valence-electron chi connectivity index (χ4n) is 3.00. The first-order valence-corrected chi connectivity index (χ1v) is 8.50. The second-order valence-corrected chi connectivity index (χ2v) is 5.94. The predicted octanol–water partition coefficient (Wildman–Crippen LogP) is 2.29. The summed E-state index contributed by atoms with van der Waals surface area (Å²) in [5, 5.41) is 9.07. The van der Waals surface area contributed by atoms with Crippen LogP contribution < -0.4 is 14.4 Å². The lowest BCUT2D eigenvalue weighted by atomic mass is 10.2. The third-order valence-electron chi connectivity index (χ3n) is 4.42. The first kappa shape index (κ1) is 17.6. The Morgan fingerprint density at radius 1 is 1.04 bits per heavy atom. The Balaban J connectivity index is 1.55. The molecular weight excluding hydrogens is 330 g/mol. The van der Waals surface area contributed by atoms with Gasteiger partial charge in [-0.05, 0) is 24.3 Å². The number of anilines is 1. The molecule has 0 saturated carbocycles. The number of rotatable bonds is 5. The van der Waals surface area contributed by atoms with Crippen LogP contribution in [0.3, 0.4) is 0 Å². The Kier molecular flexibility index (Phi) is 5.59. The van der Waals surface area contributed by atoms with E-state index in [-0.39, 0.29) is 12.5 Å². The number of ether oxygens (including phenoxy) is 2. The van der Waals surface area contributed by atoms with Crippen LogP contribution in [0.4, 0.5) is 5.69 Å². The second kappa shape index (κ2) is 8.26. The Labute approximate surface area is 153 Å². The van der Waals surface area contributed by atoms with Crippen molar-refractivity contribution in [3.8, 4) is 17.6 Å². The Bertz CT molecular complexity index is 808. The number of hydrogen-bond acceptors (Lipinski definition) is 5. The minimum absolute atomic E-state index is 0.0622. The van der Waals surface area contributed by atoms with E-state index in [4.69, 9.17) is 14.7 Å². The first-order valence-electron chi connectivity index (χ1n) is 8.50. The minimum Gasteiger partial charge on any atom is -0.495 e. The number of benzene rings is 2. The molecule has 0 N–H and O–H groups in total. The number of methoxy groups -OCH3 is 1. The van der Waals surface area contributed by atoms with Gasteiger partial charge in [-0.15, -0.1) is 0 Å². The normalized spacial score (nSPS) is 13.8. The summed E-state index contributed by atoms with van der Waals surface area (Å²) in [7, 11) is 1.66. The molecule has 3 rings (SSSR count). The maximum Gasteiger partial charge on any atom is 0.260 e. The Hall–Kier alpha value is -3.20. The molecule has 1 aliphatic rings. The van der Waals surface area contributed by atoms with Gasteiger partial charge in [0.25, 0.3) is 5.91 Å². The van der Waals surface area contributed by atoms with Crippen LogP contribution in [-0.2, 0) is 4.79 Å². The van der Waals surface area contributed by atoms with E-state index in [0.29, 0.717) is 24.4 Å². The van der Waals surface area contributed by atoms with Crippen LogP contribution in [-0.4, -0.2) is 50.7 Å². The van der Waals surface area contributed by atoms with E-state index in [2.05, 4.69) is 11.0 Å². The molecule has 1 heterocycles. The molecule has 0 unspecified atom stereocenters. The van der Waals surface area contributed by atoms with Crippen molar-refractivity contribution < 1.29 is 14.3 Å². The fourth-order valence-corrected chi connectivity index (χ4v) is 3.00. The molecule has 2 aromatic carbocycles. The van der Waals surface area contributed by atoms with Crippen LogP contribution in [0.5, 0.6) is 11.5 Å². The lowest BCUT2D eigenvalue weighted by Gasteiger charge is -2.36. The number of nitrogens with zero attached hydrogens (tertiary/aromatic N) is 3. The highest BCUT2D eigenvalue weighted by atomic mass is 16.5. The predicted molar refractivity (Wildman–Crippen MR) is 98.4 cm³/mol. The minimum atomic E-state index is -0.0718. The van der Waals surface area contributed by atoms with Gasteiger partial charge in [-0.25, -0.2) is 0 Å². The summed E-state index contributed by atoms with van der Waals surface area (Å²) >= 11 is 0. The average molecular weight is 351 g/mol. The molecule has 134 valence electrons. The van der Waals surface area contributed by atoms with Gasteiger partial charge in [0, 0.05) is 26.2 Å². The van der Waals surface area contributed by atoms with E-state index in [1.807, 2.05) is 24.3 Å². The van der Waals surface area contributed by atoms with Gasteiger partial charge in [-0.1, -0.05) is 24.3 Å². The highest BCUT2D eigenvalue weighted by Crippen LogP contribution is 2.28. The van der Waals surface area contributed by atoms with Gasteiger partial charge >= 0.3 is 0 Å². The molecule has 26 heavy (non-hydrogen) atoms. The van der Waals surface area contributed by atoms with Crippen LogP contribution in [0, 0.1) is 11.3 Å². The van der Waals surface area contributed by atoms with Gasteiger partial charge in [-0.2, -0.15) is 5.26 Å². The third-order valence-corrected chi connectivity index (χ3v) is 4.42. The van der Waals surface area contributed by atoms with E-state index in [1.54, 1.807) is 36.3 Å². The van der Waals surface area contributed by atoms with Gasteiger partial charge < -0.3 is 19.3 Å². The summed E-state index contributed by atoms with van der Waals surface area (Å²) in [5.74, 6) is 1.21. The number of hydrogen-bond donors (Lipinski definition) is 0. The van der Waals surface area contributed by atoms with Crippen molar-refractivity contribution in [2.75, 3.05) is 44.8 Å². The first-order chi connectivity index (χ1) is 12.7. The fraction of sp³-hybridized carbons (Fsp3) is 0.300. The third kappa shape index (κ3) is 3.89. The summed E-state index contributed by atoms with van der Waals surface area (Å²) in [6.07, 6.45) is 0. The molecule has 1 aliphatic heterocycles. The van der Waals surface area contributed by atoms with Crippen molar-refractivity contribution in [1.29, 1.82) is 5.26 Å². The lowest BCUT2D eigenvalue weighted by molar-refractivity contribution is -0.133. The van der Waals surface area contributed by atoms with Crippen LogP contribution >= 0.6 is 0 Å². The molecule has 2 aromatic rings. The number of para-hydroxylation sites is 3. The monoisotopic (exact) mass is 351 g/mol. The number of piperazine rings is 1. The molecule has 1 fully saturated rings. The van der Waals surface area contributed by atoms with Crippen LogP contribution in [0.25, 0.3) is 0 Å². The number of carbonyl (C=O) groups excluding carboxylic acids is 1. The highest BCUT2D eigenvalue weighted by Gasteiger charge is 2.23. The summed E-state index contributed by atoms with van der Waals surface area (Å²) < 4.78 is 11.0. The van der Waals surface area contributed by atoms with Crippen molar-refractivity contribution in [2.45, 2.75) is 0 Å². The Morgan fingerprint density at radius 3 is 2.38 bits per heavy atom. The summed E-state index contributed by atoms with van der Waals surface area (Å²) in [4.78, 5) is 16.4. The van der Waals surface area contributed by atoms with Crippen LogP contribution in [0.1, 0.15) is 5.56 Å². The molecule has 6 heteroatoms. The highest BCUT2D eigenvalue weighted by molar-refractivity contribution is 5.78. The summed E-state index contributed by atoms with van der Waals surface area (Å²) in [5.41, 5.74) is 1.47. The molecule has 0 bridgehead atoms. The molecule has 1 amide bonds. The zero-order chi connectivity index (χ0) is 18.4. The van der Waals surface area contributed by atoms with Crippen molar-refractivity contribution in [2.24, 2.45) is 0 Å². The zero-order valence-corrected chi connectivity index (χ0v) is 14.7.